The number of amides is 1. The number of hydrogen-bond acceptors (Lipinski definition) is 4. The summed E-state index contributed by atoms with van der Waals surface area (Å²) in [5.41, 5.74) is 0.405. The van der Waals surface area contributed by atoms with Gasteiger partial charge in [-0.2, -0.15) is 4.31 Å². The molecule has 1 fully saturated rings. The lowest BCUT2D eigenvalue weighted by molar-refractivity contribution is -0.116. The average Bonchev–Trinajstić information content (AvgIpc) is 2.62. The number of carbonyl (C=O) groups is 1. The quantitative estimate of drug-likeness (QED) is 0.714. The molecule has 0 bridgehead atoms. The van der Waals surface area contributed by atoms with Crippen LogP contribution >= 0.6 is 0 Å². The lowest BCUT2D eigenvalue weighted by Crippen LogP contribution is -2.35. The molecule has 1 aromatic rings. The second kappa shape index (κ2) is 9.20. The Hall–Kier alpha value is -1.60. The smallest absolute Gasteiger partial charge is 0.243 e. The number of sulfonamides is 1. The van der Waals surface area contributed by atoms with Crippen molar-refractivity contribution in [1.29, 1.82) is 0 Å². The Kier molecular flexibility index (Phi) is 7.25. The molecule has 0 saturated carbocycles. The van der Waals surface area contributed by atoms with Crippen LogP contribution in [-0.4, -0.2) is 38.8 Å². The number of carbonyl (C=O) groups excluding carboxylic acids is 1. The normalized spacial score (nSPS) is 15.8. The van der Waals surface area contributed by atoms with E-state index in [2.05, 4.69) is 12.2 Å². The van der Waals surface area contributed by atoms with E-state index in [4.69, 9.17) is 4.74 Å². The van der Waals surface area contributed by atoms with Gasteiger partial charge in [0.1, 0.15) is 5.75 Å². The van der Waals surface area contributed by atoms with E-state index >= 15 is 0 Å². The number of anilines is 1. The van der Waals surface area contributed by atoms with Crippen LogP contribution in [0.5, 0.6) is 5.75 Å². The van der Waals surface area contributed by atoms with Gasteiger partial charge in [0.05, 0.1) is 17.7 Å². The maximum absolute atomic E-state index is 12.8. The number of methoxy groups -OCH3 is 1. The molecule has 1 aromatic carbocycles. The Morgan fingerprint density at radius 2 is 1.92 bits per heavy atom. The first kappa shape index (κ1) is 19.7. The van der Waals surface area contributed by atoms with Crippen LogP contribution in [0.15, 0.2) is 23.1 Å². The molecular weight excluding hydrogens is 340 g/mol. The third-order valence-electron chi connectivity index (χ3n) is 4.41. The number of hydrogen-bond donors (Lipinski definition) is 1. The Balaban J connectivity index is 2.19. The van der Waals surface area contributed by atoms with E-state index in [1.807, 2.05) is 0 Å². The van der Waals surface area contributed by atoms with Crippen molar-refractivity contribution < 1.29 is 17.9 Å². The van der Waals surface area contributed by atoms with Crippen LogP contribution in [0.1, 0.15) is 51.9 Å². The molecule has 0 spiro atoms. The lowest BCUT2D eigenvalue weighted by Gasteiger charge is -2.26. The van der Waals surface area contributed by atoms with Crippen LogP contribution < -0.4 is 10.1 Å². The molecule has 140 valence electrons. The fraction of sp³-hybridized carbons (Fsp3) is 0.611. The zero-order chi connectivity index (χ0) is 18.3. The summed E-state index contributed by atoms with van der Waals surface area (Å²) in [6.45, 7) is 3.18. The van der Waals surface area contributed by atoms with Gasteiger partial charge in [0.15, 0.2) is 0 Å². The molecule has 6 nitrogen and oxygen atoms in total. The van der Waals surface area contributed by atoms with Crippen LogP contribution in [0.4, 0.5) is 5.69 Å². The van der Waals surface area contributed by atoms with Crippen molar-refractivity contribution in [2.24, 2.45) is 0 Å². The average molecular weight is 368 g/mol. The van der Waals surface area contributed by atoms with Gasteiger partial charge < -0.3 is 10.1 Å². The van der Waals surface area contributed by atoms with Crippen molar-refractivity contribution in [3.05, 3.63) is 18.2 Å². The molecule has 0 radical (unpaired) electrons. The highest BCUT2D eigenvalue weighted by molar-refractivity contribution is 7.89. The van der Waals surface area contributed by atoms with E-state index < -0.39 is 10.0 Å². The molecule has 1 aliphatic rings. The second-order valence-electron chi connectivity index (χ2n) is 6.33. The van der Waals surface area contributed by atoms with E-state index in [0.29, 0.717) is 30.9 Å². The Morgan fingerprint density at radius 1 is 1.20 bits per heavy atom. The van der Waals surface area contributed by atoms with Crippen LogP contribution in [0.3, 0.4) is 0 Å². The van der Waals surface area contributed by atoms with E-state index in [1.54, 1.807) is 6.07 Å². The highest BCUT2D eigenvalue weighted by Crippen LogP contribution is 2.30. The Labute approximate surface area is 150 Å². The van der Waals surface area contributed by atoms with Gasteiger partial charge in [-0.15, -0.1) is 0 Å². The first-order valence-electron chi connectivity index (χ1n) is 8.97. The molecule has 1 N–H and O–H groups in total. The molecule has 2 rings (SSSR count). The first-order valence-corrected chi connectivity index (χ1v) is 10.4. The van der Waals surface area contributed by atoms with Gasteiger partial charge in [-0.3, -0.25) is 4.79 Å². The van der Waals surface area contributed by atoms with Gasteiger partial charge in [-0.25, -0.2) is 8.42 Å². The fourth-order valence-corrected chi connectivity index (χ4v) is 4.49. The number of piperidine rings is 1. The van der Waals surface area contributed by atoms with Crippen molar-refractivity contribution in [2.75, 3.05) is 25.5 Å². The zero-order valence-corrected chi connectivity index (χ0v) is 15.9. The standard InChI is InChI=1S/C18H28N2O4S/c1-3-4-6-9-18(21)19-16-14-15(10-11-17(16)24-2)25(22,23)20-12-7-5-8-13-20/h10-11,14H,3-9,12-13H2,1-2H3,(H,19,21). The SMILES string of the molecule is CCCCCC(=O)Nc1cc(S(=O)(=O)N2CCCCC2)ccc1OC. The predicted molar refractivity (Wildman–Crippen MR) is 98.4 cm³/mol. The summed E-state index contributed by atoms with van der Waals surface area (Å²) in [6.07, 6.45) is 6.10. The Bertz CT molecular complexity index is 682. The van der Waals surface area contributed by atoms with Gasteiger partial charge in [0.25, 0.3) is 0 Å². The second-order valence-corrected chi connectivity index (χ2v) is 8.27. The summed E-state index contributed by atoms with van der Waals surface area (Å²) >= 11 is 0. The first-order chi connectivity index (χ1) is 12.0. The molecule has 7 heteroatoms. The number of nitrogens with zero attached hydrogens (tertiary/aromatic N) is 1. The van der Waals surface area contributed by atoms with Crippen molar-refractivity contribution in [2.45, 2.75) is 56.8 Å². The molecular formula is C18H28N2O4S. The number of nitrogens with one attached hydrogen (secondary N) is 1. The molecule has 1 heterocycles. The molecule has 1 aliphatic heterocycles. The van der Waals surface area contributed by atoms with Gasteiger partial charge in [0, 0.05) is 19.5 Å². The van der Waals surface area contributed by atoms with Crippen LogP contribution in [-0.2, 0) is 14.8 Å². The summed E-state index contributed by atoms with van der Waals surface area (Å²) in [7, 11) is -2.04. The van der Waals surface area contributed by atoms with Gasteiger partial charge in [-0.1, -0.05) is 26.2 Å². The van der Waals surface area contributed by atoms with E-state index in [1.165, 1.54) is 23.5 Å². The fourth-order valence-electron chi connectivity index (χ4n) is 2.95. The largest absolute Gasteiger partial charge is 0.495 e. The van der Waals surface area contributed by atoms with Crippen LogP contribution in [0.2, 0.25) is 0 Å². The van der Waals surface area contributed by atoms with Crippen molar-refractivity contribution in [3.8, 4) is 5.75 Å². The van der Waals surface area contributed by atoms with Gasteiger partial charge in [0.2, 0.25) is 15.9 Å². The summed E-state index contributed by atoms with van der Waals surface area (Å²) < 4.78 is 32.4. The topological polar surface area (TPSA) is 75.7 Å². The lowest BCUT2D eigenvalue weighted by atomic mass is 10.2. The predicted octanol–water partition coefficient (Wildman–Crippen LogP) is 3.39. The molecule has 0 atom stereocenters. The van der Waals surface area contributed by atoms with E-state index in [0.717, 1.165) is 38.5 Å². The molecule has 0 aliphatic carbocycles. The maximum Gasteiger partial charge on any atom is 0.243 e. The third kappa shape index (κ3) is 5.19. The summed E-state index contributed by atoms with van der Waals surface area (Å²) in [5.74, 6) is 0.334. The van der Waals surface area contributed by atoms with Crippen molar-refractivity contribution in [1.82, 2.24) is 4.31 Å². The van der Waals surface area contributed by atoms with Gasteiger partial charge in [-0.05, 0) is 37.5 Å². The molecule has 0 aromatic heterocycles. The molecule has 1 amide bonds. The summed E-state index contributed by atoms with van der Waals surface area (Å²) in [6, 6.07) is 4.63. The third-order valence-corrected chi connectivity index (χ3v) is 6.30. The van der Waals surface area contributed by atoms with Gasteiger partial charge >= 0.3 is 0 Å². The van der Waals surface area contributed by atoms with E-state index in [9.17, 15) is 13.2 Å². The van der Waals surface area contributed by atoms with Crippen LogP contribution in [0.25, 0.3) is 0 Å². The maximum atomic E-state index is 12.8. The number of unbranched alkanes of at least 4 members (excludes halogenated alkanes) is 2. The number of benzene rings is 1. The van der Waals surface area contributed by atoms with E-state index in [-0.39, 0.29) is 10.8 Å². The summed E-state index contributed by atoms with van der Waals surface area (Å²) in [5, 5.41) is 2.79. The number of rotatable bonds is 8. The molecule has 0 unspecified atom stereocenters. The zero-order valence-electron chi connectivity index (χ0n) is 15.1. The minimum atomic E-state index is -3.54. The minimum Gasteiger partial charge on any atom is -0.495 e. The van der Waals surface area contributed by atoms with Crippen molar-refractivity contribution in [3.63, 3.8) is 0 Å². The van der Waals surface area contributed by atoms with Crippen LogP contribution in [0, 0.1) is 0 Å². The number of ether oxygens (including phenoxy) is 1. The monoisotopic (exact) mass is 368 g/mol. The minimum absolute atomic E-state index is 0.126. The molecule has 25 heavy (non-hydrogen) atoms. The highest BCUT2D eigenvalue weighted by Gasteiger charge is 2.26. The van der Waals surface area contributed by atoms with Crippen molar-refractivity contribution >= 4 is 21.6 Å². The molecule has 1 saturated heterocycles. The summed E-state index contributed by atoms with van der Waals surface area (Å²) in [4.78, 5) is 12.3. The Morgan fingerprint density at radius 3 is 2.56 bits per heavy atom. The highest BCUT2D eigenvalue weighted by atomic mass is 32.2.